The summed E-state index contributed by atoms with van der Waals surface area (Å²) in [6, 6.07) is 11.7. The van der Waals surface area contributed by atoms with Crippen molar-refractivity contribution in [3.05, 3.63) is 72.1 Å². The summed E-state index contributed by atoms with van der Waals surface area (Å²) in [5.74, 6) is 0.0699. The minimum atomic E-state index is -0.347. The molecule has 0 radical (unpaired) electrons. The van der Waals surface area contributed by atoms with Crippen molar-refractivity contribution >= 4 is 17.0 Å². The molecule has 1 aliphatic heterocycles. The van der Waals surface area contributed by atoms with Gasteiger partial charge in [-0.3, -0.25) is 4.79 Å². The molecule has 2 atom stereocenters. The van der Waals surface area contributed by atoms with E-state index in [4.69, 9.17) is 4.42 Å². The van der Waals surface area contributed by atoms with Crippen molar-refractivity contribution in [2.75, 3.05) is 6.54 Å². The van der Waals surface area contributed by atoms with Crippen LogP contribution in [0.15, 0.2) is 59.3 Å². The molecule has 0 unspecified atom stereocenters. The number of carbonyl (C=O) groups excluding carboxylic acids is 1. The lowest BCUT2D eigenvalue weighted by molar-refractivity contribution is 0.0597. The van der Waals surface area contributed by atoms with Crippen LogP contribution in [0.5, 0.6) is 0 Å². The number of fused-ring (bicyclic) bond motifs is 1. The Balaban J connectivity index is 1.45. The molecule has 0 bridgehead atoms. The molecule has 30 heavy (non-hydrogen) atoms. The smallest absolute Gasteiger partial charge is 0.256 e. The molecule has 4 aromatic rings. The second kappa shape index (κ2) is 7.37. The van der Waals surface area contributed by atoms with Gasteiger partial charge in [-0.25, -0.2) is 9.37 Å². The van der Waals surface area contributed by atoms with Crippen LogP contribution in [0.2, 0.25) is 0 Å². The van der Waals surface area contributed by atoms with Crippen LogP contribution in [-0.2, 0) is 0 Å². The van der Waals surface area contributed by atoms with Gasteiger partial charge in [-0.05, 0) is 44.0 Å². The average molecular weight is 405 g/mol. The number of halogens is 1. The van der Waals surface area contributed by atoms with E-state index in [1.165, 1.54) is 16.9 Å². The highest BCUT2D eigenvalue weighted by Crippen LogP contribution is 2.33. The molecule has 2 aromatic heterocycles. The Morgan fingerprint density at radius 1 is 1.13 bits per heavy atom. The normalized spacial score (nSPS) is 19.3. The predicted molar refractivity (Wildman–Crippen MR) is 108 cm³/mol. The molecule has 8 heteroatoms. The first-order chi connectivity index (χ1) is 14.6. The van der Waals surface area contributed by atoms with Gasteiger partial charge in [0.15, 0.2) is 11.5 Å². The molecule has 0 spiro atoms. The third-order valence-corrected chi connectivity index (χ3v) is 5.63. The van der Waals surface area contributed by atoms with Crippen LogP contribution in [0.25, 0.3) is 16.8 Å². The van der Waals surface area contributed by atoms with Gasteiger partial charge in [0.2, 0.25) is 0 Å². The summed E-state index contributed by atoms with van der Waals surface area (Å²) >= 11 is 0. The zero-order chi connectivity index (χ0) is 20.7. The maximum Gasteiger partial charge on any atom is 0.256 e. The highest BCUT2D eigenvalue weighted by molar-refractivity contribution is 5.98. The minimum absolute atomic E-state index is 0.0457. The Hall–Kier alpha value is -3.55. The number of rotatable bonds is 3. The van der Waals surface area contributed by atoms with Crippen molar-refractivity contribution in [1.82, 2.24) is 24.9 Å². The Morgan fingerprint density at radius 3 is 2.77 bits per heavy atom. The second-order valence-corrected chi connectivity index (χ2v) is 7.58. The Kier molecular flexibility index (Phi) is 4.54. The molecular formula is C22H20FN5O2. The summed E-state index contributed by atoms with van der Waals surface area (Å²) < 4.78 is 19.4. The highest BCUT2D eigenvalue weighted by atomic mass is 19.1. The molecule has 7 nitrogen and oxygen atoms in total. The fourth-order valence-corrected chi connectivity index (χ4v) is 4.01. The van der Waals surface area contributed by atoms with Crippen LogP contribution >= 0.6 is 0 Å². The number of carbonyl (C=O) groups is 1. The van der Waals surface area contributed by atoms with Gasteiger partial charge < -0.3 is 9.32 Å². The van der Waals surface area contributed by atoms with Crippen molar-refractivity contribution in [3.63, 3.8) is 0 Å². The monoisotopic (exact) mass is 405 g/mol. The van der Waals surface area contributed by atoms with Crippen molar-refractivity contribution in [2.45, 2.75) is 31.7 Å². The minimum Gasteiger partial charge on any atom is -0.440 e. The molecule has 1 aliphatic rings. The zero-order valence-corrected chi connectivity index (χ0v) is 16.4. The maximum atomic E-state index is 13.5. The SMILES string of the molecule is C[C@@H]1CC[C@@H](c2nc3cc(F)ccc3o2)CN1C(=O)c1ccccc1-n1nccn1. The number of likely N-dealkylation sites (tertiary alicyclic amines) is 1. The molecule has 3 heterocycles. The molecule has 0 saturated carbocycles. The van der Waals surface area contributed by atoms with Gasteiger partial charge in [0, 0.05) is 18.7 Å². The first kappa shape index (κ1) is 18.5. The average Bonchev–Trinajstić information content (AvgIpc) is 3.43. The van der Waals surface area contributed by atoms with Gasteiger partial charge in [-0.15, -0.1) is 0 Å². The lowest BCUT2D eigenvalue weighted by atomic mass is 9.92. The molecule has 0 aliphatic carbocycles. The number of aromatic nitrogens is 4. The number of piperidine rings is 1. The van der Waals surface area contributed by atoms with Crippen LogP contribution in [0.4, 0.5) is 4.39 Å². The summed E-state index contributed by atoms with van der Waals surface area (Å²) in [7, 11) is 0. The first-order valence-corrected chi connectivity index (χ1v) is 9.93. The van der Waals surface area contributed by atoms with E-state index in [-0.39, 0.29) is 23.7 Å². The summed E-state index contributed by atoms with van der Waals surface area (Å²) in [4.78, 5) is 21.3. The number of benzene rings is 2. The highest BCUT2D eigenvalue weighted by Gasteiger charge is 2.33. The third-order valence-electron chi connectivity index (χ3n) is 5.63. The van der Waals surface area contributed by atoms with E-state index in [0.717, 1.165) is 12.8 Å². The maximum absolute atomic E-state index is 13.5. The first-order valence-electron chi connectivity index (χ1n) is 9.93. The zero-order valence-electron chi connectivity index (χ0n) is 16.4. The van der Waals surface area contributed by atoms with Gasteiger partial charge in [0.1, 0.15) is 11.3 Å². The van der Waals surface area contributed by atoms with Gasteiger partial charge in [-0.2, -0.15) is 15.0 Å². The van der Waals surface area contributed by atoms with Gasteiger partial charge >= 0.3 is 0 Å². The van der Waals surface area contributed by atoms with Crippen molar-refractivity contribution < 1.29 is 13.6 Å². The molecule has 152 valence electrons. The molecule has 2 aromatic carbocycles. The van der Waals surface area contributed by atoms with Crippen LogP contribution < -0.4 is 0 Å². The number of hydrogen-bond donors (Lipinski definition) is 0. The molecule has 1 saturated heterocycles. The Bertz CT molecular complexity index is 1200. The van der Waals surface area contributed by atoms with Crippen LogP contribution in [0.1, 0.15) is 41.9 Å². The van der Waals surface area contributed by atoms with E-state index in [9.17, 15) is 9.18 Å². The Labute approximate surface area is 172 Å². The standard InChI is InChI=1S/C22H20FN5O2/c1-14-6-7-15(21-26-18-12-16(23)8-9-20(18)30-21)13-27(14)22(29)17-4-2-3-5-19(17)28-24-10-11-25-28/h2-5,8-12,14-15H,6-7,13H2,1H3/t14-,15-/m1/s1. The quantitative estimate of drug-likeness (QED) is 0.516. The van der Waals surface area contributed by atoms with E-state index in [1.807, 2.05) is 30.0 Å². The molecule has 5 rings (SSSR count). The van der Waals surface area contributed by atoms with E-state index in [1.54, 1.807) is 24.5 Å². The van der Waals surface area contributed by atoms with Gasteiger partial charge in [0.25, 0.3) is 5.91 Å². The number of amides is 1. The fraction of sp³-hybridized carbons (Fsp3) is 0.273. The molecule has 1 fully saturated rings. The van der Waals surface area contributed by atoms with Gasteiger partial charge in [0.05, 0.1) is 29.6 Å². The number of hydrogen-bond acceptors (Lipinski definition) is 5. The lowest BCUT2D eigenvalue weighted by Crippen LogP contribution is -2.45. The van der Waals surface area contributed by atoms with Crippen LogP contribution in [-0.4, -0.2) is 43.4 Å². The summed E-state index contributed by atoms with van der Waals surface area (Å²) in [6.07, 6.45) is 4.84. The predicted octanol–water partition coefficient (Wildman–Crippen LogP) is 3.96. The van der Waals surface area contributed by atoms with E-state index in [0.29, 0.717) is 34.8 Å². The van der Waals surface area contributed by atoms with Gasteiger partial charge in [-0.1, -0.05) is 12.1 Å². The van der Waals surface area contributed by atoms with E-state index < -0.39 is 0 Å². The van der Waals surface area contributed by atoms with Crippen LogP contribution in [0, 0.1) is 5.82 Å². The number of nitrogens with zero attached hydrogens (tertiary/aromatic N) is 5. The molecule has 0 N–H and O–H groups in total. The molecular weight excluding hydrogens is 385 g/mol. The Morgan fingerprint density at radius 2 is 1.93 bits per heavy atom. The summed E-state index contributed by atoms with van der Waals surface area (Å²) in [6.45, 7) is 2.53. The largest absolute Gasteiger partial charge is 0.440 e. The lowest BCUT2D eigenvalue weighted by Gasteiger charge is -2.37. The summed E-state index contributed by atoms with van der Waals surface area (Å²) in [5.41, 5.74) is 2.23. The van der Waals surface area contributed by atoms with Crippen LogP contribution in [0.3, 0.4) is 0 Å². The topological polar surface area (TPSA) is 77.0 Å². The third kappa shape index (κ3) is 3.24. The van der Waals surface area contributed by atoms with Crippen molar-refractivity contribution in [3.8, 4) is 5.69 Å². The second-order valence-electron chi connectivity index (χ2n) is 7.58. The number of para-hydroxylation sites is 1. The molecule has 1 amide bonds. The summed E-state index contributed by atoms with van der Waals surface area (Å²) in [5, 5.41) is 8.33. The van der Waals surface area contributed by atoms with Crippen molar-refractivity contribution in [1.29, 1.82) is 0 Å². The number of oxazole rings is 1. The van der Waals surface area contributed by atoms with E-state index in [2.05, 4.69) is 15.2 Å². The van der Waals surface area contributed by atoms with Crippen molar-refractivity contribution in [2.24, 2.45) is 0 Å². The fourth-order valence-electron chi connectivity index (χ4n) is 4.01. The van der Waals surface area contributed by atoms with E-state index >= 15 is 0 Å².